The van der Waals surface area contributed by atoms with Crippen LogP contribution in [0.2, 0.25) is 0 Å². The Labute approximate surface area is 103 Å². The maximum Gasteiger partial charge on any atom is 0.173 e. The van der Waals surface area contributed by atoms with E-state index in [2.05, 4.69) is 4.98 Å². The standard InChI is InChI=1S/C11H15NO4S/c1-6-2-3-12-4-8(6)16-11-10(15)9(14)7(13)5-17-11/h2-4,7,9-11,13-15H,5H2,1H3/t7-,9+,10-,11+/m1/s1. The quantitative estimate of drug-likeness (QED) is 0.687. The molecule has 2 rings (SSSR count). The smallest absolute Gasteiger partial charge is 0.173 e. The van der Waals surface area contributed by atoms with Crippen LogP contribution in [0.25, 0.3) is 0 Å². The van der Waals surface area contributed by atoms with Crippen LogP contribution in [-0.2, 0) is 0 Å². The van der Waals surface area contributed by atoms with Crippen molar-refractivity contribution in [2.24, 2.45) is 0 Å². The van der Waals surface area contributed by atoms with Crippen LogP contribution < -0.4 is 4.74 Å². The van der Waals surface area contributed by atoms with Gasteiger partial charge in [-0.3, -0.25) is 4.98 Å². The summed E-state index contributed by atoms with van der Waals surface area (Å²) in [5.74, 6) is 0.912. The Bertz CT molecular complexity index is 389. The van der Waals surface area contributed by atoms with E-state index in [1.54, 1.807) is 18.5 Å². The predicted octanol–water partition coefficient (Wildman–Crippen LogP) is -0.0756. The summed E-state index contributed by atoms with van der Waals surface area (Å²) in [5.41, 5.74) is 0.324. The van der Waals surface area contributed by atoms with Crippen molar-refractivity contribution in [2.45, 2.75) is 30.7 Å². The lowest BCUT2D eigenvalue weighted by molar-refractivity contribution is -0.0787. The molecular weight excluding hydrogens is 242 g/mol. The molecule has 94 valence electrons. The Morgan fingerprint density at radius 3 is 2.82 bits per heavy atom. The van der Waals surface area contributed by atoms with E-state index in [4.69, 9.17) is 4.74 Å². The maximum atomic E-state index is 9.78. The van der Waals surface area contributed by atoms with Crippen LogP contribution in [-0.4, -0.2) is 49.8 Å². The molecule has 0 aliphatic carbocycles. The molecule has 0 bridgehead atoms. The van der Waals surface area contributed by atoms with Gasteiger partial charge < -0.3 is 20.1 Å². The lowest BCUT2D eigenvalue weighted by atomic mass is 10.1. The number of hydrogen-bond acceptors (Lipinski definition) is 6. The topological polar surface area (TPSA) is 82.8 Å². The highest BCUT2D eigenvalue weighted by molar-refractivity contribution is 7.99. The fourth-order valence-electron chi connectivity index (χ4n) is 1.58. The molecule has 0 unspecified atom stereocenters. The predicted molar refractivity (Wildman–Crippen MR) is 63.9 cm³/mol. The molecule has 1 fully saturated rings. The Hall–Kier alpha value is -0.820. The third kappa shape index (κ3) is 2.71. The van der Waals surface area contributed by atoms with Crippen molar-refractivity contribution in [3.05, 3.63) is 24.0 Å². The van der Waals surface area contributed by atoms with E-state index in [1.807, 2.05) is 6.92 Å². The molecule has 6 heteroatoms. The first kappa shape index (κ1) is 12.6. The van der Waals surface area contributed by atoms with Gasteiger partial charge in [0.2, 0.25) is 0 Å². The lowest BCUT2D eigenvalue weighted by Crippen LogP contribution is -2.50. The number of thioether (sulfide) groups is 1. The Kier molecular flexibility index (Phi) is 3.88. The van der Waals surface area contributed by atoms with E-state index >= 15 is 0 Å². The van der Waals surface area contributed by atoms with E-state index in [1.165, 1.54) is 11.8 Å². The second kappa shape index (κ2) is 5.22. The number of hydrogen-bond donors (Lipinski definition) is 3. The minimum absolute atomic E-state index is 0.336. The molecule has 0 saturated carbocycles. The molecule has 1 aromatic rings. The average Bonchev–Trinajstić information content (AvgIpc) is 2.32. The van der Waals surface area contributed by atoms with Crippen molar-refractivity contribution in [3.63, 3.8) is 0 Å². The SMILES string of the molecule is Cc1ccncc1O[C@H]1SC[C@@H](O)[C@H](O)[C@H]1O. The Balaban J connectivity index is 2.07. The molecule has 5 nitrogen and oxygen atoms in total. The van der Waals surface area contributed by atoms with Crippen LogP contribution in [0.15, 0.2) is 18.5 Å². The minimum Gasteiger partial charge on any atom is -0.475 e. The number of aliphatic hydroxyl groups is 3. The zero-order valence-corrected chi connectivity index (χ0v) is 10.2. The molecule has 1 saturated heterocycles. The average molecular weight is 257 g/mol. The van der Waals surface area contributed by atoms with Crippen LogP contribution >= 0.6 is 11.8 Å². The van der Waals surface area contributed by atoms with Crippen molar-refractivity contribution in [1.29, 1.82) is 0 Å². The highest BCUT2D eigenvalue weighted by Crippen LogP contribution is 2.29. The zero-order valence-electron chi connectivity index (χ0n) is 9.35. The molecule has 17 heavy (non-hydrogen) atoms. The second-order valence-corrected chi connectivity index (χ2v) is 5.14. The Morgan fingerprint density at radius 1 is 1.35 bits per heavy atom. The molecule has 4 atom stereocenters. The first-order valence-corrected chi connectivity index (χ1v) is 6.37. The first-order chi connectivity index (χ1) is 8.09. The molecule has 1 aliphatic heterocycles. The van der Waals surface area contributed by atoms with Gasteiger partial charge in [0.1, 0.15) is 18.0 Å². The van der Waals surface area contributed by atoms with Crippen LogP contribution in [0.4, 0.5) is 0 Å². The summed E-state index contributed by atoms with van der Waals surface area (Å²) in [6.07, 6.45) is 0.0390. The van der Waals surface area contributed by atoms with Gasteiger partial charge in [0.15, 0.2) is 5.44 Å². The van der Waals surface area contributed by atoms with Gasteiger partial charge in [-0.2, -0.15) is 0 Å². The van der Waals surface area contributed by atoms with E-state index in [-0.39, 0.29) is 0 Å². The number of aromatic nitrogens is 1. The fourth-order valence-corrected chi connectivity index (χ4v) is 2.69. The molecule has 2 heterocycles. The summed E-state index contributed by atoms with van der Waals surface area (Å²) >= 11 is 1.28. The molecule has 0 amide bonds. The molecule has 0 radical (unpaired) electrons. The van der Waals surface area contributed by atoms with E-state index in [9.17, 15) is 15.3 Å². The molecule has 0 aromatic carbocycles. The first-order valence-electron chi connectivity index (χ1n) is 5.32. The van der Waals surface area contributed by atoms with Gasteiger partial charge in [-0.15, -0.1) is 11.8 Å². The number of nitrogens with zero attached hydrogens (tertiary/aromatic N) is 1. The summed E-state index contributed by atoms with van der Waals surface area (Å²) in [6, 6.07) is 1.81. The highest BCUT2D eigenvalue weighted by atomic mass is 32.2. The monoisotopic (exact) mass is 257 g/mol. The number of rotatable bonds is 2. The Morgan fingerprint density at radius 2 is 2.12 bits per heavy atom. The van der Waals surface area contributed by atoms with E-state index in [0.717, 1.165) is 5.56 Å². The van der Waals surface area contributed by atoms with Gasteiger partial charge in [-0.05, 0) is 18.6 Å². The maximum absolute atomic E-state index is 9.78. The van der Waals surface area contributed by atoms with Gasteiger partial charge in [0, 0.05) is 11.9 Å². The third-order valence-electron chi connectivity index (χ3n) is 2.69. The van der Waals surface area contributed by atoms with Crippen LogP contribution in [0.5, 0.6) is 5.75 Å². The van der Waals surface area contributed by atoms with E-state index in [0.29, 0.717) is 11.5 Å². The van der Waals surface area contributed by atoms with Crippen molar-refractivity contribution >= 4 is 11.8 Å². The van der Waals surface area contributed by atoms with Crippen molar-refractivity contribution in [3.8, 4) is 5.75 Å². The normalized spacial score (nSPS) is 33.4. The summed E-state index contributed by atoms with van der Waals surface area (Å²) in [5, 5.41) is 28.7. The van der Waals surface area contributed by atoms with Crippen molar-refractivity contribution in [1.82, 2.24) is 4.98 Å². The van der Waals surface area contributed by atoms with Gasteiger partial charge in [0.05, 0.1) is 12.3 Å². The lowest BCUT2D eigenvalue weighted by Gasteiger charge is -2.34. The number of ether oxygens (including phenoxy) is 1. The van der Waals surface area contributed by atoms with Gasteiger partial charge >= 0.3 is 0 Å². The third-order valence-corrected chi connectivity index (χ3v) is 3.93. The van der Waals surface area contributed by atoms with Gasteiger partial charge in [-0.1, -0.05) is 0 Å². The summed E-state index contributed by atoms with van der Waals surface area (Å²) in [4.78, 5) is 3.94. The van der Waals surface area contributed by atoms with Crippen LogP contribution in [0, 0.1) is 6.92 Å². The van der Waals surface area contributed by atoms with E-state index < -0.39 is 23.7 Å². The fraction of sp³-hybridized carbons (Fsp3) is 0.545. The number of aryl methyl sites for hydroxylation is 1. The largest absolute Gasteiger partial charge is 0.475 e. The van der Waals surface area contributed by atoms with Crippen LogP contribution in [0.3, 0.4) is 0 Å². The van der Waals surface area contributed by atoms with Gasteiger partial charge in [-0.25, -0.2) is 0 Å². The number of aliphatic hydroxyl groups excluding tert-OH is 3. The number of pyridine rings is 1. The van der Waals surface area contributed by atoms with Crippen molar-refractivity contribution < 1.29 is 20.1 Å². The highest BCUT2D eigenvalue weighted by Gasteiger charge is 2.38. The molecule has 1 aromatic heterocycles. The summed E-state index contributed by atoms with van der Waals surface area (Å²) < 4.78 is 5.60. The molecule has 1 aliphatic rings. The summed E-state index contributed by atoms with van der Waals surface area (Å²) in [6.45, 7) is 1.88. The second-order valence-electron chi connectivity index (χ2n) is 4.01. The molecule has 0 spiro atoms. The minimum atomic E-state index is -1.17. The molecule has 3 N–H and O–H groups in total. The van der Waals surface area contributed by atoms with Crippen LogP contribution in [0.1, 0.15) is 5.56 Å². The zero-order chi connectivity index (χ0) is 12.4. The van der Waals surface area contributed by atoms with Crippen molar-refractivity contribution in [2.75, 3.05) is 5.75 Å². The molecular formula is C11H15NO4S. The summed E-state index contributed by atoms with van der Waals surface area (Å²) in [7, 11) is 0. The van der Waals surface area contributed by atoms with Gasteiger partial charge in [0.25, 0.3) is 0 Å².